The van der Waals surface area contributed by atoms with Crippen molar-refractivity contribution in [2.24, 2.45) is 0 Å². The zero-order valence-corrected chi connectivity index (χ0v) is 10.7. The number of aryl methyl sites for hydroxylation is 1. The van der Waals surface area contributed by atoms with Gasteiger partial charge in [0, 0.05) is 16.2 Å². The fourth-order valence-corrected chi connectivity index (χ4v) is 1.77. The Labute approximate surface area is 95.0 Å². The molecule has 0 aliphatic rings. The summed E-state index contributed by atoms with van der Waals surface area (Å²) in [7, 11) is 0. The van der Waals surface area contributed by atoms with Crippen molar-refractivity contribution in [3.05, 3.63) is 28.2 Å². The highest BCUT2D eigenvalue weighted by Gasteiger charge is 2.01. The summed E-state index contributed by atoms with van der Waals surface area (Å²) in [5.74, 6) is 0. The van der Waals surface area contributed by atoms with Crippen LogP contribution in [0.3, 0.4) is 0 Å². The summed E-state index contributed by atoms with van der Waals surface area (Å²) in [5.41, 5.74) is 2.49. The molecule has 0 bridgehead atoms. The third kappa shape index (κ3) is 3.33. The molecule has 14 heavy (non-hydrogen) atoms. The second kappa shape index (κ2) is 5.40. The third-order valence-corrected chi connectivity index (χ3v) is 3.18. The SMILES string of the molecule is CCCC(C)Nc1ccc(Br)c(C)c1. The average molecular weight is 256 g/mol. The van der Waals surface area contributed by atoms with Crippen molar-refractivity contribution in [1.29, 1.82) is 0 Å². The molecule has 0 aliphatic carbocycles. The molecule has 0 heterocycles. The largest absolute Gasteiger partial charge is 0.383 e. The Kier molecular flexibility index (Phi) is 4.46. The van der Waals surface area contributed by atoms with Crippen LogP contribution in [0.15, 0.2) is 22.7 Å². The average Bonchev–Trinajstić information content (AvgIpc) is 2.12. The van der Waals surface area contributed by atoms with Gasteiger partial charge in [-0.15, -0.1) is 0 Å². The number of rotatable bonds is 4. The van der Waals surface area contributed by atoms with E-state index in [2.05, 4.69) is 60.2 Å². The molecule has 78 valence electrons. The molecule has 2 heteroatoms. The van der Waals surface area contributed by atoms with E-state index in [1.807, 2.05) is 0 Å². The number of hydrogen-bond donors (Lipinski definition) is 1. The second-order valence-corrected chi connectivity index (χ2v) is 4.65. The summed E-state index contributed by atoms with van der Waals surface area (Å²) >= 11 is 3.50. The lowest BCUT2D eigenvalue weighted by Crippen LogP contribution is -2.14. The van der Waals surface area contributed by atoms with Gasteiger partial charge >= 0.3 is 0 Å². The van der Waals surface area contributed by atoms with Crippen molar-refractivity contribution in [1.82, 2.24) is 0 Å². The summed E-state index contributed by atoms with van der Waals surface area (Å²) in [6.45, 7) is 6.55. The summed E-state index contributed by atoms with van der Waals surface area (Å²) < 4.78 is 1.17. The molecule has 1 unspecified atom stereocenters. The van der Waals surface area contributed by atoms with E-state index in [9.17, 15) is 0 Å². The first-order chi connectivity index (χ1) is 6.63. The fourth-order valence-electron chi connectivity index (χ4n) is 1.52. The van der Waals surface area contributed by atoms with Crippen LogP contribution in [0.1, 0.15) is 32.3 Å². The van der Waals surface area contributed by atoms with Gasteiger partial charge in [-0.25, -0.2) is 0 Å². The molecule has 1 N–H and O–H groups in total. The molecular weight excluding hydrogens is 238 g/mol. The van der Waals surface area contributed by atoms with Gasteiger partial charge in [-0.3, -0.25) is 0 Å². The van der Waals surface area contributed by atoms with E-state index < -0.39 is 0 Å². The Hall–Kier alpha value is -0.500. The van der Waals surface area contributed by atoms with E-state index in [1.54, 1.807) is 0 Å². The molecule has 0 aliphatic heterocycles. The van der Waals surface area contributed by atoms with Gasteiger partial charge in [0.2, 0.25) is 0 Å². The van der Waals surface area contributed by atoms with E-state index in [1.165, 1.54) is 28.6 Å². The van der Waals surface area contributed by atoms with E-state index in [-0.39, 0.29) is 0 Å². The highest BCUT2D eigenvalue weighted by molar-refractivity contribution is 9.10. The standard InChI is InChI=1S/C12H18BrN/c1-4-5-10(3)14-11-6-7-12(13)9(2)8-11/h6-8,10,14H,4-5H2,1-3H3. The topological polar surface area (TPSA) is 12.0 Å². The molecule has 1 rings (SSSR count). The van der Waals surface area contributed by atoms with Gasteiger partial charge in [-0.1, -0.05) is 29.3 Å². The minimum Gasteiger partial charge on any atom is -0.383 e. The van der Waals surface area contributed by atoms with Gasteiger partial charge in [0.1, 0.15) is 0 Å². The lowest BCUT2D eigenvalue weighted by atomic mass is 10.1. The van der Waals surface area contributed by atoms with Crippen molar-refractivity contribution in [2.75, 3.05) is 5.32 Å². The van der Waals surface area contributed by atoms with Crippen LogP contribution in [0.4, 0.5) is 5.69 Å². The molecule has 0 fully saturated rings. The lowest BCUT2D eigenvalue weighted by Gasteiger charge is -2.14. The van der Waals surface area contributed by atoms with E-state index >= 15 is 0 Å². The Morgan fingerprint density at radius 3 is 2.71 bits per heavy atom. The van der Waals surface area contributed by atoms with Crippen LogP contribution in [0.25, 0.3) is 0 Å². The molecule has 0 saturated heterocycles. The summed E-state index contributed by atoms with van der Waals surface area (Å²) in [4.78, 5) is 0. The number of halogens is 1. The molecule has 0 radical (unpaired) electrons. The first kappa shape index (κ1) is 11.6. The molecule has 1 aromatic carbocycles. The number of benzene rings is 1. The summed E-state index contributed by atoms with van der Waals surface area (Å²) in [6, 6.07) is 6.94. The van der Waals surface area contributed by atoms with Crippen LogP contribution in [0.2, 0.25) is 0 Å². The maximum Gasteiger partial charge on any atom is 0.0345 e. The second-order valence-electron chi connectivity index (χ2n) is 3.80. The van der Waals surface area contributed by atoms with Crippen LogP contribution in [0, 0.1) is 6.92 Å². The maximum absolute atomic E-state index is 3.50. The highest BCUT2D eigenvalue weighted by Crippen LogP contribution is 2.20. The van der Waals surface area contributed by atoms with Crippen molar-refractivity contribution < 1.29 is 0 Å². The Bertz CT molecular complexity index is 296. The molecule has 1 aromatic rings. The van der Waals surface area contributed by atoms with Gasteiger partial charge < -0.3 is 5.32 Å². The first-order valence-corrected chi connectivity index (χ1v) is 5.95. The van der Waals surface area contributed by atoms with Crippen molar-refractivity contribution in [3.8, 4) is 0 Å². The molecule has 1 atom stereocenters. The fraction of sp³-hybridized carbons (Fsp3) is 0.500. The third-order valence-electron chi connectivity index (χ3n) is 2.29. The minimum absolute atomic E-state index is 0.556. The molecule has 1 nitrogen and oxygen atoms in total. The van der Waals surface area contributed by atoms with E-state index in [0.29, 0.717) is 6.04 Å². The number of anilines is 1. The number of hydrogen-bond acceptors (Lipinski definition) is 1. The molecule has 0 amide bonds. The predicted octanol–water partition coefficient (Wildman–Crippen LogP) is 4.36. The molecule has 0 aromatic heterocycles. The van der Waals surface area contributed by atoms with E-state index in [0.717, 1.165) is 0 Å². The molecule has 0 spiro atoms. The zero-order chi connectivity index (χ0) is 10.6. The lowest BCUT2D eigenvalue weighted by molar-refractivity contribution is 0.690. The Morgan fingerprint density at radius 1 is 1.43 bits per heavy atom. The Morgan fingerprint density at radius 2 is 2.14 bits per heavy atom. The predicted molar refractivity (Wildman–Crippen MR) is 66.9 cm³/mol. The van der Waals surface area contributed by atoms with Gasteiger partial charge in [-0.2, -0.15) is 0 Å². The highest BCUT2D eigenvalue weighted by atomic mass is 79.9. The van der Waals surface area contributed by atoms with Gasteiger partial charge in [0.05, 0.1) is 0 Å². The van der Waals surface area contributed by atoms with Crippen molar-refractivity contribution in [2.45, 2.75) is 39.7 Å². The Balaban J connectivity index is 2.63. The zero-order valence-electron chi connectivity index (χ0n) is 9.10. The van der Waals surface area contributed by atoms with Crippen LogP contribution < -0.4 is 5.32 Å². The maximum atomic E-state index is 3.50. The summed E-state index contributed by atoms with van der Waals surface area (Å²) in [6.07, 6.45) is 2.44. The first-order valence-electron chi connectivity index (χ1n) is 5.16. The van der Waals surface area contributed by atoms with Gasteiger partial charge in [0.15, 0.2) is 0 Å². The number of nitrogens with one attached hydrogen (secondary N) is 1. The van der Waals surface area contributed by atoms with Crippen molar-refractivity contribution >= 4 is 21.6 Å². The normalized spacial score (nSPS) is 12.6. The van der Waals surface area contributed by atoms with Crippen LogP contribution in [-0.2, 0) is 0 Å². The van der Waals surface area contributed by atoms with Crippen LogP contribution in [0.5, 0.6) is 0 Å². The van der Waals surface area contributed by atoms with Gasteiger partial charge in [-0.05, 0) is 44.0 Å². The smallest absolute Gasteiger partial charge is 0.0345 e. The molecular formula is C12H18BrN. The van der Waals surface area contributed by atoms with E-state index in [4.69, 9.17) is 0 Å². The monoisotopic (exact) mass is 255 g/mol. The van der Waals surface area contributed by atoms with Crippen molar-refractivity contribution in [3.63, 3.8) is 0 Å². The molecule has 0 saturated carbocycles. The van der Waals surface area contributed by atoms with Crippen LogP contribution >= 0.6 is 15.9 Å². The minimum atomic E-state index is 0.556. The van der Waals surface area contributed by atoms with Gasteiger partial charge in [0.25, 0.3) is 0 Å². The van der Waals surface area contributed by atoms with Crippen LogP contribution in [-0.4, -0.2) is 6.04 Å². The summed E-state index contributed by atoms with van der Waals surface area (Å²) in [5, 5.41) is 3.49. The quantitative estimate of drug-likeness (QED) is 0.844.